The van der Waals surface area contributed by atoms with Crippen molar-refractivity contribution in [3.8, 4) is 0 Å². The molecular formula is C13H24ClN3O. The van der Waals surface area contributed by atoms with Gasteiger partial charge in [-0.25, -0.2) is 0 Å². The van der Waals surface area contributed by atoms with Crippen LogP contribution in [-0.4, -0.2) is 26.4 Å². The first-order valence-electron chi connectivity index (χ1n) is 6.19. The fourth-order valence-electron chi connectivity index (χ4n) is 1.33. The molecule has 1 aliphatic heterocycles. The van der Waals surface area contributed by atoms with Gasteiger partial charge in [-0.3, -0.25) is 5.32 Å². The third-order valence-electron chi connectivity index (χ3n) is 2.16. The van der Waals surface area contributed by atoms with Crippen molar-refractivity contribution in [3.63, 3.8) is 0 Å². The fraction of sp³-hybridized carbons (Fsp3) is 0.538. The van der Waals surface area contributed by atoms with Crippen LogP contribution in [0.15, 0.2) is 35.2 Å². The van der Waals surface area contributed by atoms with Crippen molar-refractivity contribution in [2.24, 2.45) is 5.73 Å². The quantitative estimate of drug-likeness (QED) is 0.512. The first-order valence-corrected chi connectivity index (χ1v) is 6.57. The number of hydrogen-bond acceptors (Lipinski definition) is 4. The fourth-order valence-corrected chi connectivity index (χ4v) is 1.46. The topological polar surface area (TPSA) is 59.3 Å². The maximum Gasteiger partial charge on any atom is 0.190 e. The molecule has 1 rings (SSSR count). The third kappa shape index (κ3) is 6.10. The minimum Gasteiger partial charge on any atom is -0.475 e. The maximum atomic E-state index is 5.84. The first-order chi connectivity index (χ1) is 8.67. The lowest BCUT2D eigenvalue weighted by atomic mass is 10.2. The highest BCUT2D eigenvalue weighted by Crippen LogP contribution is 2.13. The Morgan fingerprint density at radius 1 is 1.61 bits per heavy atom. The molecule has 0 saturated carbocycles. The van der Waals surface area contributed by atoms with Crippen LogP contribution in [-0.2, 0) is 4.74 Å². The highest BCUT2D eigenvalue weighted by atomic mass is 35.5. The molecule has 18 heavy (non-hydrogen) atoms. The van der Waals surface area contributed by atoms with Gasteiger partial charge in [-0.05, 0) is 25.7 Å². The van der Waals surface area contributed by atoms with Gasteiger partial charge in [0.05, 0.1) is 18.0 Å². The van der Waals surface area contributed by atoms with Gasteiger partial charge in [0.1, 0.15) is 0 Å². The molecule has 0 bridgehead atoms. The van der Waals surface area contributed by atoms with E-state index in [1.165, 1.54) is 0 Å². The summed E-state index contributed by atoms with van der Waals surface area (Å²) in [6.45, 7) is 8.96. The lowest BCUT2D eigenvalue weighted by Gasteiger charge is -2.25. The van der Waals surface area contributed by atoms with Crippen LogP contribution in [0.4, 0.5) is 0 Å². The molecule has 0 spiro atoms. The smallest absolute Gasteiger partial charge is 0.190 e. The standard InChI is InChI=1S/C11H18ClN3O.C2H6/c1-8(5-6-13)16-11(14-2)10-4-3-9(12)7-15-10;1-2/h3-4,11,14-15H,1,5-7,13H2,2H3;1-2H3. The second kappa shape index (κ2) is 10.00. The Morgan fingerprint density at radius 2 is 2.28 bits per heavy atom. The van der Waals surface area contributed by atoms with Crippen molar-refractivity contribution in [1.82, 2.24) is 10.6 Å². The van der Waals surface area contributed by atoms with Crippen LogP contribution < -0.4 is 16.4 Å². The monoisotopic (exact) mass is 273 g/mol. The van der Waals surface area contributed by atoms with E-state index in [1.807, 2.05) is 33.0 Å². The largest absolute Gasteiger partial charge is 0.475 e. The van der Waals surface area contributed by atoms with E-state index in [1.54, 1.807) is 0 Å². The van der Waals surface area contributed by atoms with Crippen molar-refractivity contribution in [3.05, 3.63) is 35.2 Å². The van der Waals surface area contributed by atoms with E-state index in [0.29, 0.717) is 25.3 Å². The van der Waals surface area contributed by atoms with Crippen LogP contribution in [0.1, 0.15) is 20.3 Å². The number of nitrogens with one attached hydrogen (secondary N) is 2. The Labute approximate surface area is 115 Å². The predicted molar refractivity (Wildman–Crippen MR) is 78.1 cm³/mol. The van der Waals surface area contributed by atoms with Crippen LogP contribution in [0.2, 0.25) is 0 Å². The summed E-state index contributed by atoms with van der Waals surface area (Å²) < 4.78 is 5.63. The maximum absolute atomic E-state index is 5.84. The van der Waals surface area contributed by atoms with Gasteiger partial charge in [-0.1, -0.05) is 32.0 Å². The van der Waals surface area contributed by atoms with Gasteiger partial charge in [0, 0.05) is 11.5 Å². The number of likely N-dealkylation sites (N-methyl/N-ethyl adjacent to an activating group) is 1. The molecule has 1 unspecified atom stereocenters. The average Bonchev–Trinajstić information content (AvgIpc) is 2.40. The Bertz CT molecular complexity index is 313. The van der Waals surface area contributed by atoms with Crippen molar-refractivity contribution < 1.29 is 4.74 Å². The van der Waals surface area contributed by atoms with Crippen LogP contribution in [0.3, 0.4) is 0 Å². The molecule has 104 valence electrons. The van der Waals surface area contributed by atoms with Crippen molar-refractivity contribution in [1.29, 1.82) is 0 Å². The van der Waals surface area contributed by atoms with E-state index in [4.69, 9.17) is 22.1 Å². The zero-order valence-corrected chi connectivity index (χ0v) is 12.2. The van der Waals surface area contributed by atoms with Gasteiger partial charge >= 0.3 is 0 Å². The summed E-state index contributed by atoms with van der Waals surface area (Å²) in [5, 5.41) is 6.99. The molecule has 0 aromatic rings. The summed E-state index contributed by atoms with van der Waals surface area (Å²) in [4.78, 5) is 0. The van der Waals surface area contributed by atoms with Gasteiger partial charge < -0.3 is 15.8 Å². The van der Waals surface area contributed by atoms with Gasteiger partial charge in [-0.2, -0.15) is 0 Å². The number of ether oxygens (including phenoxy) is 1. The molecule has 1 aliphatic rings. The van der Waals surface area contributed by atoms with E-state index in [9.17, 15) is 0 Å². The number of nitrogens with two attached hydrogens (primary N) is 1. The van der Waals surface area contributed by atoms with E-state index in [0.717, 1.165) is 10.7 Å². The molecule has 4 nitrogen and oxygen atoms in total. The minimum atomic E-state index is -0.236. The van der Waals surface area contributed by atoms with Crippen LogP contribution in [0.5, 0.6) is 0 Å². The molecule has 0 aromatic heterocycles. The van der Waals surface area contributed by atoms with Crippen molar-refractivity contribution in [2.45, 2.75) is 26.5 Å². The number of halogens is 1. The zero-order valence-electron chi connectivity index (χ0n) is 11.4. The molecule has 1 heterocycles. The van der Waals surface area contributed by atoms with E-state index >= 15 is 0 Å². The summed E-state index contributed by atoms with van der Waals surface area (Å²) in [7, 11) is 1.82. The van der Waals surface area contributed by atoms with Crippen LogP contribution in [0.25, 0.3) is 0 Å². The minimum absolute atomic E-state index is 0.236. The Hall–Kier alpha value is -0.970. The van der Waals surface area contributed by atoms with Crippen molar-refractivity contribution >= 4 is 11.6 Å². The van der Waals surface area contributed by atoms with E-state index in [-0.39, 0.29) is 6.23 Å². The molecule has 5 heteroatoms. The first kappa shape index (κ1) is 17.0. The molecule has 0 amide bonds. The summed E-state index contributed by atoms with van der Waals surface area (Å²) in [5.74, 6) is 0.671. The Balaban J connectivity index is 0.00000137. The second-order valence-corrected chi connectivity index (χ2v) is 3.94. The second-order valence-electron chi connectivity index (χ2n) is 3.45. The van der Waals surface area contributed by atoms with E-state index in [2.05, 4.69) is 17.2 Å². The van der Waals surface area contributed by atoms with Gasteiger partial charge in [0.25, 0.3) is 0 Å². The summed E-state index contributed by atoms with van der Waals surface area (Å²) in [6.07, 6.45) is 4.16. The number of allylic oxidation sites excluding steroid dienone is 2. The summed E-state index contributed by atoms with van der Waals surface area (Å²) in [5.41, 5.74) is 6.36. The van der Waals surface area contributed by atoms with Gasteiger partial charge in [0.15, 0.2) is 6.23 Å². The van der Waals surface area contributed by atoms with Crippen LogP contribution >= 0.6 is 11.6 Å². The molecule has 0 fully saturated rings. The normalized spacial score (nSPS) is 15.4. The van der Waals surface area contributed by atoms with Crippen molar-refractivity contribution in [2.75, 3.05) is 20.1 Å². The highest BCUT2D eigenvalue weighted by molar-refractivity contribution is 6.30. The molecule has 0 aromatic carbocycles. The van der Waals surface area contributed by atoms with Gasteiger partial charge in [0.2, 0.25) is 0 Å². The SMILES string of the molecule is C=C(CCN)OC(NC)C1=CC=C(Cl)CN1.CC. The highest BCUT2D eigenvalue weighted by Gasteiger charge is 2.16. The summed E-state index contributed by atoms with van der Waals surface area (Å²) >= 11 is 5.84. The van der Waals surface area contributed by atoms with Crippen LogP contribution in [0, 0.1) is 0 Å². The zero-order chi connectivity index (χ0) is 14.0. The molecule has 0 radical (unpaired) electrons. The Kier molecular flexibility index (Phi) is 9.46. The molecule has 1 atom stereocenters. The predicted octanol–water partition coefficient (Wildman–Crippen LogP) is 2.05. The lowest BCUT2D eigenvalue weighted by Crippen LogP contribution is -2.37. The average molecular weight is 274 g/mol. The Morgan fingerprint density at radius 3 is 2.72 bits per heavy atom. The van der Waals surface area contributed by atoms with Gasteiger partial charge in [-0.15, -0.1) is 0 Å². The molecule has 0 saturated heterocycles. The molecule has 4 N–H and O–H groups in total. The number of rotatable bonds is 6. The number of hydrogen-bond donors (Lipinski definition) is 3. The lowest BCUT2D eigenvalue weighted by molar-refractivity contribution is 0.112. The van der Waals surface area contributed by atoms with E-state index < -0.39 is 0 Å². The molecule has 0 aliphatic carbocycles. The summed E-state index contributed by atoms with van der Waals surface area (Å²) in [6, 6.07) is 0. The number of dihydropyridines is 1. The third-order valence-corrected chi connectivity index (χ3v) is 2.42. The molecular weight excluding hydrogens is 250 g/mol.